The molecule has 0 aromatic rings. The van der Waals surface area contributed by atoms with Crippen LogP contribution in [0.3, 0.4) is 0 Å². The second kappa shape index (κ2) is 3.31. The number of carbonyl (C=O) groups excluding carboxylic acids is 1. The quantitative estimate of drug-likeness (QED) is 0.445. The largest absolute Gasteiger partial charge is 0.314 e. The minimum absolute atomic E-state index is 0.633. The number of nitrogens with zero attached hydrogens (tertiary/aromatic N) is 1. The molecule has 54 valence electrons. The fraction of sp³-hybridized carbons (Fsp3) is 0.167. The molecular weight excluding hydrogens is 148 g/mol. The smallest absolute Gasteiger partial charge is 0.212 e. The van der Waals surface area contributed by atoms with Gasteiger partial charge in [0.05, 0.1) is 0 Å². The van der Waals surface area contributed by atoms with Gasteiger partial charge in [-0.05, 0) is 6.08 Å². The van der Waals surface area contributed by atoms with Gasteiger partial charge in [0.25, 0.3) is 0 Å². The SMILES string of the molecule is O=CNC1=CC=CCN1S. The zero-order chi connectivity index (χ0) is 7.40. The van der Waals surface area contributed by atoms with Gasteiger partial charge >= 0.3 is 0 Å². The van der Waals surface area contributed by atoms with Gasteiger partial charge in [-0.25, -0.2) is 0 Å². The molecule has 4 heteroatoms. The van der Waals surface area contributed by atoms with E-state index in [1.807, 2.05) is 12.2 Å². The Morgan fingerprint density at radius 1 is 1.80 bits per heavy atom. The van der Waals surface area contributed by atoms with Crippen molar-refractivity contribution in [1.82, 2.24) is 9.62 Å². The van der Waals surface area contributed by atoms with Gasteiger partial charge in [-0.1, -0.05) is 25.0 Å². The molecular formula is C6H8N2OS. The summed E-state index contributed by atoms with van der Waals surface area (Å²) < 4.78 is 1.65. The van der Waals surface area contributed by atoms with Crippen molar-refractivity contribution >= 4 is 19.2 Å². The van der Waals surface area contributed by atoms with Crippen molar-refractivity contribution in [2.45, 2.75) is 0 Å². The molecule has 3 nitrogen and oxygen atoms in total. The number of amides is 1. The minimum atomic E-state index is 0.633. The highest BCUT2D eigenvalue weighted by Crippen LogP contribution is 2.07. The lowest BCUT2D eigenvalue weighted by atomic mass is 10.4. The van der Waals surface area contributed by atoms with Crippen molar-refractivity contribution in [2.75, 3.05) is 6.54 Å². The molecule has 0 radical (unpaired) electrons. The number of hydrogen-bond donors (Lipinski definition) is 2. The summed E-state index contributed by atoms with van der Waals surface area (Å²) in [5.41, 5.74) is 0. The molecule has 0 fully saturated rings. The van der Waals surface area contributed by atoms with Crippen LogP contribution in [0.15, 0.2) is 24.0 Å². The van der Waals surface area contributed by atoms with E-state index in [9.17, 15) is 4.79 Å². The van der Waals surface area contributed by atoms with Crippen molar-refractivity contribution in [3.05, 3.63) is 24.0 Å². The van der Waals surface area contributed by atoms with E-state index < -0.39 is 0 Å². The molecule has 1 aliphatic heterocycles. The van der Waals surface area contributed by atoms with Crippen LogP contribution in [-0.2, 0) is 4.79 Å². The van der Waals surface area contributed by atoms with Gasteiger partial charge in [-0.2, -0.15) is 0 Å². The molecule has 0 saturated carbocycles. The Bertz CT molecular complexity index is 188. The van der Waals surface area contributed by atoms with Gasteiger partial charge < -0.3 is 9.62 Å². The first-order valence-electron chi connectivity index (χ1n) is 2.88. The molecule has 1 rings (SSSR count). The van der Waals surface area contributed by atoms with Crippen molar-refractivity contribution in [2.24, 2.45) is 0 Å². The Balaban J connectivity index is 2.60. The first-order valence-corrected chi connectivity index (χ1v) is 3.28. The summed E-state index contributed by atoms with van der Waals surface area (Å²) in [5.74, 6) is 0.709. The lowest BCUT2D eigenvalue weighted by Crippen LogP contribution is -2.25. The number of allylic oxidation sites excluding steroid dienone is 2. The van der Waals surface area contributed by atoms with E-state index in [4.69, 9.17) is 0 Å². The van der Waals surface area contributed by atoms with E-state index in [2.05, 4.69) is 18.1 Å². The number of nitrogens with one attached hydrogen (secondary N) is 1. The molecule has 1 N–H and O–H groups in total. The van der Waals surface area contributed by atoms with E-state index in [0.717, 1.165) is 6.54 Å². The van der Waals surface area contributed by atoms with Gasteiger partial charge in [0, 0.05) is 6.54 Å². The van der Waals surface area contributed by atoms with Crippen LogP contribution >= 0.6 is 12.8 Å². The molecule has 0 atom stereocenters. The van der Waals surface area contributed by atoms with Crippen molar-refractivity contribution < 1.29 is 4.79 Å². The molecule has 1 heterocycles. The summed E-state index contributed by atoms with van der Waals surface area (Å²) in [5, 5.41) is 2.51. The standard InChI is InChI=1S/C6H8N2OS/c9-5-7-6-3-1-2-4-8(6)10/h1-3,5,10H,4H2,(H,7,9). The van der Waals surface area contributed by atoms with Crippen molar-refractivity contribution in [3.8, 4) is 0 Å². The highest BCUT2D eigenvalue weighted by Gasteiger charge is 2.03. The summed E-state index contributed by atoms with van der Waals surface area (Å²) in [4.78, 5) is 9.98. The van der Waals surface area contributed by atoms with E-state index in [1.54, 1.807) is 10.4 Å². The van der Waals surface area contributed by atoms with E-state index in [0.29, 0.717) is 12.2 Å². The third-order valence-electron chi connectivity index (χ3n) is 1.15. The van der Waals surface area contributed by atoms with Gasteiger partial charge in [0.2, 0.25) is 6.41 Å². The van der Waals surface area contributed by atoms with E-state index >= 15 is 0 Å². The lowest BCUT2D eigenvalue weighted by molar-refractivity contribution is -0.109. The average Bonchev–Trinajstić information content (AvgIpc) is 1.94. The normalized spacial score (nSPS) is 16.5. The fourth-order valence-electron chi connectivity index (χ4n) is 0.687. The summed E-state index contributed by atoms with van der Waals surface area (Å²) in [7, 11) is 0. The maximum atomic E-state index is 9.98. The predicted molar refractivity (Wildman–Crippen MR) is 42.1 cm³/mol. The number of rotatable bonds is 2. The van der Waals surface area contributed by atoms with E-state index in [1.165, 1.54) is 0 Å². The van der Waals surface area contributed by atoms with Crippen LogP contribution in [0, 0.1) is 0 Å². The van der Waals surface area contributed by atoms with Crippen LogP contribution in [0.4, 0.5) is 0 Å². The Morgan fingerprint density at radius 2 is 2.60 bits per heavy atom. The van der Waals surface area contributed by atoms with Gasteiger partial charge in [0.15, 0.2) is 0 Å². The Hall–Kier alpha value is -0.900. The molecule has 0 unspecified atom stereocenters. The Morgan fingerprint density at radius 3 is 3.20 bits per heavy atom. The maximum absolute atomic E-state index is 9.98. The zero-order valence-electron chi connectivity index (χ0n) is 5.32. The summed E-state index contributed by atoms with van der Waals surface area (Å²) in [6.07, 6.45) is 6.24. The molecule has 1 aliphatic rings. The summed E-state index contributed by atoms with van der Waals surface area (Å²) in [6.45, 7) is 0.718. The molecule has 0 saturated heterocycles. The summed E-state index contributed by atoms with van der Waals surface area (Å²) in [6, 6.07) is 0. The van der Waals surface area contributed by atoms with Crippen LogP contribution < -0.4 is 5.32 Å². The van der Waals surface area contributed by atoms with Crippen molar-refractivity contribution in [1.29, 1.82) is 0 Å². The van der Waals surface area contributed by atoms with Gasteiger partial charge in [0.1, 0.15) is 5.82 Å². The lowest BCUT2D eigenvalue weighted by Gasteiger charge is -2.19. The zero-order valence-corrected chi connectivity index (χ0v) is 6.21. The minimum Gasteiger partial charge on any atom is -0.314 e. The predicted octanol–water partition coefficient (Wildman–Crippen LogP) is 0.290. The number of hydrogen-bond acceptors (Lipinski definition) is 3. The molecule has 0 spiro atoms. The average molecular weight is 156 g/mol. The van der Waals surface area contributed by atoms with Crippen molar-refractivity contribution in [3.63, 3.8) is 0 Å². The van der Waals surface area contributed by atoms with Crippen LogP contribution in [0.1, 0.15) is 0 Å². The Labute approximate surface area is 64.9 Å². The first kappa shape index (κ1) is 7.21. The highest BCUT2D eigenvalue weighted by atomic mass is 32.1. The van der Waals surface area contributed by atoms with Crippen LogP contribution in [0.5, 0.6) is 0 Å². The monoisotopic (exact) mass is 156 g/mol. The molecule has 1 amide bonds. The highest BCUT2D eigenvalue weighted by molar-refractivity contribution is 7.77. The number of carbonyl (C=O) groups is 1. The Kier molecular flexibility index (Phi) is 2.39. The van der Waals surface area contributed by atoms with E-state index in [-0.39, 0.29) is 0 Å². The first-order chi connectivity index (χ1) is 4.84. The third kappa shape index (κ3) is 1.54. The topological polar surface area (TPSA) is 32.3 Å². The van der Waals surface area contributed by atoms with Gasteiger partial charge in [-0.3, -0.25) is 4.79 Å². The fourth-order valence-corrected chi connectivity index (χ4v) is 0.906. The molecule has 0 bridgehead atoms. The third-order valence-corrected chi connectivity index (χ3v) is 1.53. The summed E-state index contributed by atoms with van der Waals surface area (Å²) >= 11 is 4.08. The van der Waals surface area contributed by atoms with Gasteiger partial charge in [-0.15, -0.1) is 0 Å². The second-order valence-corrected chi connectivity index (χ2v) is 2.31. The molecule has 0 aliphatic carbocycles. The van der Waals surface area contributed by atoms with Crippen LogP contribution in [0.25, 0.3) is 0 Å². The van der Waals surface area contributed by atoms with Crippen LogP contribution in [0.2, 0.25) is 0 Å². The molecule has 10 heavy (non-hydrogen) atoms. The van der Waals surface area contributed by atoms with Crippen LogP contribution in [-0.4, -0.2) is 17.3 Å². The molecule has 0 aromatic heterocycles. The second-order valence-electron chi connectivity index (χ2n) is 1.82. The number of thiol groups is 1. The molecule has 0 aromatic carbocycles. The maximum Gasteiger partial charge on any atom is 0.212 e.